The Morgan fingerprint density at radius 2 is 1.82 bits per heavy atom. The van der Waals surface area contributed by atoms with Crippen LogP contribution in [0.15, 0.2) is 70.7 Å². The van der Waals surface area contributed by atoms with Gasteiger partial charge in [0.25, 0.3) is 11.8 Å². The number of carbonyl (C=O) groups excluding carboxylic acids is 3. The molecule has 0 bridgehead atoms. The Labute approximate surface area is 191 Å². The third-order valence-electron chi connectivity index (χ3n) is 4.92. The molecule has 7 nitrogen and oxygen atoms in total. The molecule has 3 aromatic rings. The number of nitrogens with zero attached hydrogens (tertiary/aromatic N) is 1. The topological polar surface area (TPSA) is 88.9 Å². The average molecular weight is 470 g/mol. The minimum Gasteiger partial charge on any atom is -0.462 e. The molecule has 1 aliphatic heterocycles. The molecule has 1 fully saturated rings. The molecule has 0 aliphatic carbocycles. The van der Waals surface area contributed by atoms with Crippen LogP contribution in [0.3, 0.4) is 0 Å². The average Bonchev–Trinajstić information content (AvgIpc) is 3.39. The van der Waals surface area contributed by atoms with Gasteiger partial charge in [0.2, 0.25) is 0 Å². The van der Waals surface area contributed by atoms with E-state index in [9.17, 15) is 27.6 Å². The second kappa shape index (κ2) is 8.89. The number of ether oxygens (including phenoxy) is 1. The fourth-order valence-corrected chi connectivity index (χ4v) is 3.27. The fourth-order valence-electron chi connectivity index (χ4n) is 3.27. The van der Waals surface area contributed by atoms with Gasteiger partial charge in [0.15, 0.2) is 0 Å². The first-order valence-corrected chi connectivity index (χ1v) is 10.1. The number of carbonyl (C=O) groups is 3. The second-order valence-electron chi connectivity index (χ2n) is 7.19. The Bertz CT molecular complexity index is 1290. The molecule has 1 N–H and O–H groups in total. The van der Waals surface area contributed by atoms with E-state index in [1.807, 2.05) is 0 Å². The van der Waals surface area contributed by atoms with Crippen LogP contribution < -0.4 is 10.4 Å². The maximum Gasteiger partial charge on any atom is 0.416 e. The van der Waals surface area contributed by atoms with E-state index in [1.165, 1.54) is 18.2 Å². The molecule has 34 heavy (non-hydrogen) atoms. The summed E-state index contributed by atoms with van der Waals surface area (Å²) in [5.41, 5.74) is 1.91. The first kappa shape index (κ1) is 22.8. The number of amides is 2. The van der Waals surface area contributed by atoms with Crippen molar-refractivity contribution < 1.29 is 36.7 Å². The highest BCUT2D eigenvalue weighted by Crippen LogP contribution is 2.32. The monoisotopic (exact) mass is 470 g/mol. The normalized spacial score (nSPS) is 15.1. The highest BCUT2D eigenvalue weighted by atomic mass is 19.4. The predicted molar refractivity (Wildman–Crippen MR) is 115 cm³/mol. The lowest BCUT2D eigenvalue weighted by Gasteiger charge is -2.16. The quantitative estimate of drug-likeness (QED) is 0.334. The van der Waals surface area contributed by atoms with E-state index in [-0.39, 0.29) is 23.6 Å². The molecule has 4 rings (SSSR count). The van der Waals surface area contributed by atoms with Crippen LogP contribution in [-0.2, 0) is 20.5 Å². The van der Waals surface area contributed by atoms with Crippen molar-refractivity contribution in [2.75, 3.05) is 11.6 Å². The van der Waals surface area contributed by atoms with E-state index in [0.717, 1.165) is 23.2 Å². The maximum absolute atomic E-state index is 13.0. The Balaban J connectivity index is 1.55. The largest absolute Gasteiger partial charge is 0.462 e. The number of halogens is 3. The number of esters is 1. The van der Waals surface area contributed by atoms with Gasteiger partial charge in [-0.15, -0.1) is 0 Å². The summed E-state index contributed by atoms with van der Waals surface area (Å²) >= 11 is 0. The van der Waals surface area contributed by atoms with Crippen LogP contribution in [0.4, 0.5) is 18.9 Å². The molecule has 0 atom stereocenters. The van der Waals surface area contributed by atoms with E-state index < -0.39 is 29.5 Å². The molecular weight excluding hydrogens is 453 g/mol. The Kier molecular flexibility index (Phi) is 5.97. The van der Waals surface area contributed by atoms with Crippen LogP contribution in [0.1, 0.15) is 28.6 Å². The summed E-state index contributed by atoms with van der Waals surface area (Å²) in [6, 6.07) is 13.7. The first-order valence-electron chi connectivity index (χ1n) is 10.1. The van der Waals surface area contributed by atoms with Gasteiger partial charge in [-0.05, 0) is 55.5 Å². The summed E-state index contributed by atoms with van der Waals surface area (Å²) in [5, 5.41) is 0.751. The summed E-state index contributed by atoms with van der Waals surface area (Å²) in [4.78, 5) is 36.8. The van der Waals surface area contributed by atoms with E-state index in [1.54, 1.807) is 37.3 Å². The summed E-state index contributed by atoms with van der Waals surface area (Å²) < 4.78 is 49.6. The molecule has 0 saturated carbocycles. The minimum absolute atomic E-state index is 0.126. The molecule has 1 saturated heterocycles. The van der Waals surface area contributed by atoms with Gasteiger partial charge in [0.1, 0.15) is 17.1 Å². The predicted octanol–water partition coefficient (Wildman–Crippen LogP) is 4.60. The van der Waals surface area contributed by atoms with Crippen LogP contribution >= 0.6 is 0 Å². The van der Waals surface area contributed by atoms with Crippen molar-refractivity contribution in [3.05, 3.63) is 83.1 Å². The van der Waals surface area contributed by atoms with E-state index in [0.29, 0.717) is 16.9 Å². The van der Waals surface area contributed by atoms with Crippen LogP contribution in [0.25, 0.3) is 17.4 Å². The maximum atomic E-state index is 13.0. The number of nitrogens with one attached hydrogen (secondary N) is 1. The van der Waals surface area contributed by atoms with Crippen LogP contribution in [0.5, 0.6) is 0 Å². The number of alkyl halides is 3. The molecular formula is C24H17F3N2O5. The van der Waals surface area contributed by atoms with Crippen molar-refractivity contribution in [3.8, 4) is 11.3 Å². The number of hydrogen-bond donors (Lipinski definition) is 1. The fraction of sp³-hybridized carbons (Fsp3) is 0.125. The minimum atomic E-state index is -4.60. The second-order valence-corrected chi connectivity index (χ2v) is 7.19. The number of anilines is 1. The molecule has 1 aliphatic rings. The lowest BCUT2D eigenvalue weighted by molar-refractivity contribution is -0.137. The van der Waals surface area contributed by atoms with Crippen LogP contribution in [-0.4, -0.2) is 24.4 Å². The van der Waals surface area contributed by atoms with E-state index in [2.05, 4.69) is 5.43 Å². The van der Waals surface area contributed by atoms with Gasteiger partial charge in [-0.2, -0.15) is 13.2 Å². The number of furan rings is 1. The molecule has 2 heterocycles. The zero-order valence-corrected chi connectivity index (χ0v) is 17.7. The summed E-state index contributed by atoms with van der Waals surface area (Å²) in [6.45, 7) is 1.97. The van der Waals surface area contributed by atoms with Crippen molar-refractivity contribution in [1.29, 1.82) is 0 Å². The highest BCUT2D eigenvalue weighted by molar-refractivity contribution is 6.31. The first-order chi connectivity index (χ1) is 16.2. The van der Waals surface area contributed by atoms with Gasteiger partial charge in [-0.25, -0.2) is 9.80 Å². The lowest BCUT2D eigenvalue weighted by Crippen LogP contribution is -2.35. The summed E-state index contributed by atoms with van der Waals surface area (Å²) in [5.74, 6) is -1.44. The zero-order valence-electron chi connectivity index (χ0n) is 17.7. The van der Waals surface area contributed by atoms with Gasteiger partial charge in [-0.1, -0.05) is 18.2 Å². The van der Waals surface area contributed by atoms with Gasteiger partial charge in [0.05, 0.1) is 23.4 Å². The lowest BCUT2D eigenvalue weighted by atomic mass is 10.1. The van der Waals surface area contributed by atoms with Crippen LogP contribution in [0.2, 0.25) is 0 Å². The van der Waals surface area contributed by atoms with Crippen molar-refractivity contribution in [2.45, 2.75) is 13.1 Å². The smallest absolute Gasteiger partial charge is 0.416 e. The van der Waals surface area contributed by atoms with Crippen molar-refractivity contribution >= 4 is 29.5 Å². The van der Waals surface area contributed by atoms with E-state index >= 15 is 0 Å². The van der Waals surface area contributed by atoms with Crippen molar-refractivity contribution in [1.82, 2.24) is 5.43 Å². The molecule has 10 heteroatoms. The molecule has 174 valence electrons. The Hall–Kier alpha value is -4.34. The third-order valence-corrected chi connectivity index (χ3v) is 4.92. The molecule has 0 unspecified atom stereocenters. The standard InChI is InChI=1S/C24H17F3N2O5/c1-2-33-23(32)15-8-6-14(7-9-15)20-11-10-18(34-20)13-19-21(30)28-29(22(19)31)17-5-3-4-16(12-17)24(25,26)27/h3-13H,2H2,1H3,(H,28,30). The number of hydrogen-bond acceptors (Lipinski definition) is 5. The third kappa shape index (κ3) is 4.56. The van der Waals surface area contributed by atoms with Gasteiger partial charge < -0.3 is 9.15 Å². The number of rotatable bonds is 5. The number of benzene rings is 2. The van der Waals surface area contributed by atoms with E-state index in [4.69, 9.17) is 9.15 Å². The summed E-state index contributed by atoms with van der Waals surface area (Å²) in [7, 11) is 0. The van der Waals surface area contributed by atoms with Gasteiger partial charge >= 0.3 is 12.1 Å². The molecule has 2 aromatic carbocycles. The SMILES string of the molecule is CCOC(=O)c1ccc(-c2ccc(C=C3C(=O)NN(c4cccc(C(F)(F)F)c4)C3=O)o2)cc1. The van der Waals surface area contributed by atoms with Crippen molar-refractivity contribution in [2.24, 2.45) is 0 Å². The summed E-state index contributed by atoms with van der Waals surface area (Å²) in [6.07, 6.45) is -3.39. The molecule has 1 aromatic heterocycles. The zero-order chi connectivity index (χ0) is 24.5. The number of hydrazine groups is 1. The molecule has 0 radical (unpaired) electrons. The van der Waals surface area contributed by atoms with Crippen molar-refractivity contribution in [3.63, 3.8) is 0 Å². The Morgan fingerprint density at radius 1 is 1.09 bits per heavy atom. The van der Waals surface area contributed by atoms with Gasteiger partial charge in [0, 0.05) is 5.56 Å². The highest BCUT2D eigenvalue weighted by Gasteiger charge is 2.36. The van der Waals surface area contributed by atoms with Crippen LogP contribution in [0, 0.1) is 0 Å². The molecule has 0 spiro atoms. The van der Waals surface area contributed by atoms with Gasteiger partial charge in [-0.3, -0.25) is 15.0 Å². The molecule has 2 amide bonds. The Morgan fingerprint density at radius 3 is 2.50 bits per heavy atom.